The van der Waals surface area contributed by atoms with Crippen molar-refractivity contribution in [3.05, 3.63) is 25.3 Å². The first kappa shape index (κ1) is 79.7. The molecule has 0 spiro atoms. The lowest BCUT2D eigenvalue weighted by atomic mass is 10.1. The van der Waals surface area contributed by atoms with E-state index < -0.39 is 73.1 Å². The molecule has 27 nitrogen and oxygen atoms in total. The Balaban J connectivity index is 0.000000478. The molecule has 0 aliphatic rings. The molecule has 7 N–H and O–H groups in total. The molecule has 0 aliphatic carbocycles. The van der Waals surface area contributed by atoms with E-state index in [1.807, 2.05) is 13.8 Å². The van der Waals surface area contributed by atoms with E-state index in [1.165, 1.54) is 12.7 Å². The second-order valence-corrected chi connectivity index (χ2v) is 29.7. The Morgan fingerprint density at radius 3 is 1.14 bits per heavy atom. The summed E-state index contributed by atoms with van der Waals surface area (Å²) in [4.78, 5) is 89.7. The number of aromatic nitrogens is 8. The van der Waals surface area contributed by atoms with Crippen LogP contribution in [0.5, 0.6) is 0 Å². The molecule has 0 aromatic carbocycles. The Morgan fingerprint density at radius 2 is 0.802 bits per heavy atom. The third-order valence-electron chi connectivity index (χ3n) is 14.4. The quantitative estimate of drug-likeness (QED) is 0.0104. The monoisotopic (exact) mass is 1320 g/mol. The van der Waals surface area contributed by atoms with E-state index >= 15 is 0 Å². The van der Waals surface area contributed by atoms with Crippen LogP contribution in [0.15, 0.2) is 25.3 Å². The van der Waals surface area contributed by atoms with Crippen molar-refractivity contribution in [2.24, 2.45) is 0 Å². The van der Waals surface area contributed by atoms with Crippen LogP contribution in [0, 0.1) is 0 Å². The minimum Gasteiger partial charge on any atom is -0.464 e. The number of nitrogens with zero attached hydrogens (tertiary/aromatic N) is 8. The summed E-state index contributed by atoms with van der Waals surface area (Å²) < 4.78 is 66.7. The van der Waals surface area contributed by atoms with Crippen LogP contribution in [0.2, 0.25) is 0 Å². The maximum absolute atomic E-state index is 14.6. The van der Waals surface area contributed by atoms with Gasteiger partial charge in [-0.3, -0.25) is 33.1 Å². The van der Waals surface area contributed by atoms with Crippen molar-refractivity contribution in [3.63, 3.8) is 0 Å². The smallest absolute Gasteiger partial charge is 0.326 e. The second kappa shape index (κ2) is 39.2. The van der Waals surface area contributed by atoms with E-state index in [-0.39, 0.29) is 57.4 Å². The number of anilines is 2. The van der Waals surface area contributed by atoms with Crippen molar-refractivity contribution >= 4 is 78.6 Å². The number of imidazole rings is 2. The molecule has 0 radical (unpaired) electrons. The van der Waals surface area contributed by atoms with Crippen molar-refractivity contribution < 1.29 is 61.5 Å². The van der Waals surface area contributed by atoms with Crippen LogP contribution in [-0.2, 0) is 74.6 Å². The Kier molecular flexibility index (Phi) is 34.4. The van der Waals surface area contributed by atoms with Gasteiger partial charge in [0.25, 0.3) is 0 Å². The van der Waals surface area contributed by atoms with Crippen LogP contribution in [0.25, 0.3) is 22.3 Å². The molecule has 516 valence electrons. The van der Waals surface area contributed by atoms with Gasteiger partial charge in [-0.15, -0.1) is 0 Å². The van der Waals surface area contributed by atoms with Gasteiger partial charge in [0.05, 0.1) is 64.4 Å². The fourth-order valence-corrected chi connectivity index (χ4v) is 14.6. The number of hydrogen-bond acceptors (Lipinski definition) is 20. The molecular weight excluding hydrogens is 1210 g/mol. The molecule has 0 fully saturated rings. The van der Waals surface area contributed by atoms with Crippen molar-refractivity contribution in [2.45, 2.75) is 267 Å². The lowest BCUT2D eigenvalue weighted by Gasteiger charge is -2.35. The molecule has 4 aromatic heterocycles. The van der Waals surface area contributed by atoms with Gasteiger partial charge in [-0.05, 0) is 101 Å². The molecule has 2 atom stereocenters. The van der Waals surface area contributed by atoms with E-state index in [2.05, 4.69) is 83.3 Å². The van der Waals surface area contributed by atoms with Gasteiger partial charge in [0.1, 0.15) is 53.0 Å². The SMILES string of the molecule is CCCCCCOC(=O)C(C)(C)NP(=O)(CO[C@H](C)Cn1cnc2c(N)ncnc21)NC(C)(C)C(=O)OCCCCCC.CCCCCCOC(=O)C(C)(C)NP(=O)(CO[C@H](C)Cn1cnc2c(NC(=O)CCC)ncnc21)NC(C)(C)C(=O)OCCCCCC. The Morgan fingerprint density at radius 1 is 0.473 bits per heavy atom. The van der Waals surface area contributed by atoms with E-state index in [1.54, 1.807) is 84.1 Å². The number of amides is 1. The van der Waals surface area contributed by atoms with E-state index in [0.29, 0.717) is 47.5 Å². The topological polar surface area (TPSA) is 348 Å². The average Bonchev–Trinajstić information content (AvgIpc) is 1.74. The number of nitrogens with one attached hydrogen (secondary N) is 5. The third kappa shape index (κ3) is 27.9. The fourth-order valence-electron chi connectivity index (χ4n) is 9.35. The predicted octanol–water partition coefficient (Wildman–Crippen LogP) is 11.1. The van der Waals surface area contributed by atoms with Crippen molar-refractivity contribution in [1.29, 1.82) is 0 Å². The summed E-state index contributed by atoms with van der Waals surface area (Å²) in [6.45, 7) is 28.4. The minimum atomic E-state index is -3.81. The largest absolute Gasteiger partial charge is 0.464 e. The maximum Gasteiger partial charge on any atom is 0.326 e. The van der Waals surface area contributed by atoms with Crippen LogP contribution >= 0.6 is 14.9 Å². The standard InChI is InChI=1S/C33H58N7O7P.C29H52N7O6P/c1-9-12-14-16-19-45-30(42)32(5,6)38-48(44,39-33(7,8)31(43)46-20-17-15-13-10-2)24-47-25(4)21-40-23-36-27-28(34-22-35-29(27)40)37-26(41)18-11-3;1-8-10-12-14-16-40-26(37)28(4,5)34-43(39,35-29(6,7)27(38)41-17-15-13-11-9-2)21-42-22(3)18-36-20-33-23-24(30)31-19-32-25(23)36/h22-23,25H,9-21,24H2,1-8H3,(H2,38,39,44)(H,34,35,37,41);19-20,22H,8-18,21H2,1-7H3,(H2,30,31,32)(H2,34,35,39)/t25-;22-/m11/s1. The van der Waals surface area contributed by atoms with E-state index in [9.17, 15) is 33.1 Å². The number of ether oxygens (including phenoxy) is 6. The van der Waals surface area contributed by atoms with Crippen LogP contribution in [0.3, 0.4) is 0 Å². The first-order valence-electron chi connectivity index (χ1n) is 32.6. The van der Waals surface area contributed by atoms with Crippen LogP contribution < -0.4 is 31.4 Å². The van der Waals surface area contributed by atoms with E-state index in [4.69, 9.17) is 34.2 Å². The zero-order chi connectivity index (χ0) is 67.9. The Bertz CT molecular complexity index is 2890. The lowest BCUT2D eigenvalue weighted by Crippen LogP contribution is -2.54. The zero-order valence-corrected chi connectivity index (χ0v) is 59.0. The first-order chi connectivity index (χ1) is 42.9. The molecule has 0 bridgehead atoms. The second-order valence-electron chi connectivity index (χ2n) is 25.3. The summed E-state index contributed by atoms with van der Waals surface area (Å²) in [5.74, 6) is -1.77. The van der Waals surface area contributed by atoms with Crippen molar-refractivity contribution in [1.82, 2.24) is 59.4 Å². The molecule has 4 rings (SSSR count). The van der Waals surface area contributed by atoms with Gasteiger partial charge < -0.3 is 48.6 Å². The summed E-state index contributed by atoms with van der Waals surface area (Å²) >= 11 is 0. The molecular formula is C62H110N14O13P2. The number of nitrogen functional groups attached to an aromatic ring is 1. The Labute approximate surface area is 539 Å². The van der Waals surface area contributed by atoms with Crippen LogP contribution in [0.4, 0.5) is 11.6 Å². The number of carbonyl (C=O) groups is 5. The normalized spacial score (nSPS) is 13.1. The number of nitrogens with two attached hydrogens (primary N) is 1. The predicted molar refractivity (Wildman–Crippen MR) is 354 cm³/mol. The number of hydrogen-bond donors (Lipinski definition) is 6. The summed E-state index contributed by atoms with van der Waals surface area (Å²) in [5.41, 5.74) is 2.46. The summed E-state index contributed by atoms with van der Waals surface area (Å²) in [6, 6.07) is 0. The Hall–Kier alpha value is -5.53. The van der Waals surface area contributed by atoms with Crippen molar-refractivity contribution in [2.75, 3.05) is 50.2 Å². The molecule has 1 amide bonds. The highest BCUT2D eigenvalue weighted by Crippen LogP contribution is 2.44. The molecule has 0 unspecified atom stereocenters. The summed E-state index contributed by atoms with van der Waals surface area (Å²) in [6.07, 6.45) is 20.6. The van der Waals surface area contributed by atoms with Crippen molar-refractivity contribution in [3.8, 4) is 0 Å². The fraction of sp³-hybridized carbons (Fsp3) is 0.758. The lowest BCUT2D eigenvalue weighted by molar-refractivity contribution is -0.150. The minimum absolute atomic E-state index is 0.161. The maximum atomic E-state index is 14.6. The number of rotatable bonds is 45. The number of fused-ring (bicyclic) bond motifs is 2. The van der Waals surface area contributed by atoms with Gasteiger partial charge >= 0.3 is 23.9 Å². The van der Waals surface area contributed by atoms with Gasteiger partial charge in [0.15, 0.2) is 28.4 Å². The average molecular weight is 1320 g/mol. The highest BCUT2D eigenvalue weighted by atomic mass is 31.2. The summed E-state index contributed by atoms with van der Waals surface area (Å²) in [5, 5.41) is 14.6. The summed E-state index contributed by atoms with van der Waals surface area (Å²) in [7, 11) is -7.58. The molecule has 0 aliphatic heterocycles. The molecule has 0 saturated heterocycles. The molecule has 91 heavy (non-hydrogen) atoms. The zero-order valence-electron chi connectivity index (χ0n) is 57.2. The van der Waals surface area contributed by atoms with E-state index in [0.717, 1.165) is 103 Å². The van der Waals surface area contributed by atoms with Gasteiger partial charge in [-0.1, -0.05) is 112 Å². The number of esters is 4. The highest BCUT2D eigenvalue weighted by molar-refractivity contribution is 7.60. The number of unbranched alkanes of at least 4 members (excludes halogenated alkanes) is 12. The molecule has 0 saturated carbocycles. The first-order valence-corrected chi connectivity index (χ1v) is 36.4. The van der Waals surface area contributed by atoms with Gasteiger partial charge in [-0.2, -0.15) is 0 Å². The third-order valence-corrected chi connectivity index (χ3v) is 19.1. The molecule has 4 heterocycles. The van der Waals surface area contributed by atoms with Gasteiger partial charge in [0, 0.05) is 6.42 Å². The highest BCUT2D eigenvalue weighted by Gasteiger charge is 2.45. The van der Waals surface area contributed by atoms with Gasteiger partial charge in [-0.25, -0.2) is 50.3 Å². The molecule has 4 aromatic rings. The number of carbonyl (C=O) groups excluding carboxylic acids is 5. The van der Waals surface area contributed by atoms with Crippen LogP contribution in [0.1, 0.15) is 219 Å². The van der Waals surface area contributed by atoms with Crippen LogP contribution in [-0.4, -0.2) is 142 Å². The van der Waals surface area contributed by atoms with Gasteiger partial charge in [0.2, 0.25) is 20.8 Å². The molecule has 29 heteroatoms.